The minimum atomic E-state index is -0.128. The molecule has 0 fully saturated rings. The van der Waals surface area contributed by atoms with Gasteiger partial charge in [0.15, 0.2) is 0 Å². The molecule has 0 aliphatic carbocycles. The topological polar surface area (TPSA) is 0 Å². The fraction of sp³-hybridized carbons (Fsp3) is 0.200. The van der Waals surface area contributed by atoms with E-state index in [1.165, 1.54) is 5.56 Å². The lowest BCUT2D eigenvalue weighted by Crippen LogP contribution is -1.90. The van der Waals surface area contributed by atoms with E-state index in [1.54, 1.807) is 6.07 Å². The molecule has 0 aliphatic rings. The molecular weight excluding hydrogens is 199 g/mol. The molecule has 0 heterocycles. The summed E-state index contributed by atoms with van der Waals surface area (Å²) < 4.78 is 13.6. The summed E-state index contributed by atoms with van der Waals surface area (Å²) >= 11 is 0. The van der Waals surface area contributed by atoms with E-state index in [-0.39, 0.29) is 5.82 Å². The van der Waals surface area contributed by atoms with Gasteiger partial charge in [0.1, 0.15) is 5.82 Å². The minimum absolute atomic E-state index is 0.128. The summed E-state index contributed by atoms with van der Waals surface area (Å²) in [5.41, 5.74) is 4.94. The average molecular weight is 214 g/mol. The van der Waals surface area contributed by atoms with Crippen molar-refractivity contribution in [2.75, 3.05) is 0 Å². The molecule has 82 valence electrons. The second-order valence-electron chi connectivity index (χ2n) is 4.29. The van der Waals surface area contributed by atoms with Gasteiger partial charge < -0.3 is 0 Å². The molecule has 0 saturated carbocycles. The molecule has 0 saturated heterocycles. The largest absolute Gasteiger partial charge is 0.207 e. The van der Waals surface area contributed by atoms with Gasteiger partial charge in [0.05, 0.1) is 0 Å². The lowest BCUT2D eigenvalue weighted by Gasteiger charge is -2.09. The van der Waals surface area contributed by atoms with Crippen LogP contribution < -0.4 is 0 Å². The van der Waals surface area contributed by atoms with Crippen LogP contribution in [-0.4, -0.2) is 0 Å². The molecular formula is C15H15F. The third-order valence-electron chi connectivity index (χ3n) is 2.82. The lowest BCUT2D eigenvalue weighted by molar-refractivity contribution is 0.618. The zero-order valence-corrected chi connectivity index (χ0v) is 9.84. The minimum Gasteiger partial charge on any atom is -0.207 e. The molecule has 0 bridgehead atoms. The fourth-order valence-corrected chi connectivity index (χ4v) is 1.93. The van der Waals surface area contributed by atoms with E-state index in [4.69, 9.17) is 0 Å². The Bertz CT molecular complexity index is 527. The number of rotatable bonds is 1. The summed E-state index contributed by atoms with van der Waals surface area (Å²) in [5, 5.41) is 0. The average Bonchev–Trinajstić information content (AvgIpc) is 2.23. The molecule has 16 heavy (non-hydrogen) atoms. The molecule has 0 spiro atoms. The van der Waals surface area contributed by atoms with Crippen LogP contribution in [0.2, 0.25) is 0 Å². The van der Waals surface area contributed by atoms with Gasteiger partial charge >= 0.3 is 0 Å². The van der Waals surface area contributed by atoms with E-state index in [9.17, 15) is 4.39 Å². The summed E-state index contributed by atoms with van der Waals surface area (Å²) in [6.45, 7) is 5.79. The van der Waals surface area contributed by atoms with E-state index in [0.717, 1.165) is 22.3 Å². The van der Waals surface area contributed by atoms with Crippen LogP contribution >= 0.6 is 0 Å². The van der Waals surface area contributed by atoms with E-state index in [1.807, 2.05) is 45.0 Å². The van der Waals surface area contributed by atoms with E-state index in [0.29, 0.717) is 0 Å². The maximum Gasteiger partial charge on any atom is 0.126 e. The van der Waals surface area contributed by atoms with Crippen molar-refractivity contribution in [2.45, 2.75) is 20.8 Å². The molecule has 0 amide bonds. The molecule has 0 aromatic heterocycles. The van der Waals surface area contributed by atoms with Crippen LogP contribution in [0.1, 0.15) is 16.7 Å². The van der Waals surface area contributed by atoms with E-state index in [2.05, 4.69) is 6.07 Å². The zero-order chi connectivity index (χ0) is 11.7. The first-order valence-corrected chi connectivity index (χ1v) is 5.42. The molecule has 0 N–H and O–H groups in total. The Morgan fingerprint density at radius 1 is 0.875 bits per heavy atom. The van der Waals surface area contributed by atoms with Gasteiger partial charge in [0.25, 0.3) is 0 Å². The van der Waals surface area contributed by atoms with Crippen LogP contribution in [0.15, 0.2) is 36.4 Å². The summed E-state index contributed by atoms with van der Waals surface area (Å²) in [4.78, 5) is 0. The Balaban J connectivity index is 2.64. The molecule has 0 nitrogen and oxygen atoms in total. The zero-order valence-electron chi connectivity index (χ0n) is 9.84. The van der Waals surface area contributed by atoms with Crippen LogP contribution in [0.4, 0.5) is 4.39 Å². The van der Waals surface area contributed by atoms with Gasteiger partial charge in [0.2, 0.25) is 0 Å². The van der Waals surface area contributed by atoms with Crippen LogP contribution in [-0.2, 0) is 0 Å². The van der Waals surface area contributed by atoms with Gasteiger partial charge in [-0.15, -0.1) is 0 Å². The third-order valence-corrected chi connectivity index (χ3v) is 2.82. The van der Waals surface area contributed by atoms with Crippen molar-refractivity contribution in [3.05, 3.63) is 58.9 Å². The first kappa shape index (κ1) is 10.9. The van der Waals surface area contributed by atoms with Crippen molar-refractivity contribution in [3.8, 4) is 11.1 Å². The van der Waals surface area contributed by atoms with Gasteiger partial charge in [0, 0.05) is 0 Å². The van der Waals surface area contributed by atoms with Crippen molar-refractivity contribution in [1.29, 1.82) is 0 Å². The maximum absolute atomic E-state index is 13.6. The predicted molar refractivity (Wildman–Crippen MR) is 66.0 cm³/mol. The number of halogens is 1. The van der Waals surface area contributed by atoms with E-state index < -0.39 is 0 Å². The number of hydrogen-bond acceptors (Lipinski definition) is 0. The number of aryl methyl sites for hydroxylation is 2. The van der Waals surface area contributed by atoms with Crippen molar-refractivity contribution in [2.24, 2.45) is 0 Å². The summed E-state index contributed by atoms with van der Waals surface area (Å²) in [7, 11) is 0. The highest BCUT2D eigenvalue weighted by atomic mass is 19.1. The number of hydrogen-bond donors (Lipinski definition) is 0. The predicted octanol–water partition coefficient (Wildman–Crippen LogP) is 4.42. The third kappa shape index (κ3) is 1.99. The molecule has 1 heteroatoms. The van der Waals surface area contributed by atoms with Crippen molar-refractivity contribution < 1.29 is 4.39 Å². The summed E-state index contributed by atoms with van der Waals surface area (Å²) in [6.07, 6.45) is 0. The van der Waals surface area contributed by atoms with Crippen LogP contribution in [0.5, 0.6) is 0 Å². The molecule has 2 aromatic carbocycles. The Labute approximate surface area is 95.7 Å². The Morgan fingerprint density at radius 3 is 2.31 bits per heavy atom. The van der Waals surface area contributed by atoms with Crippen molar-refractivity contribution >= 4 is 0 Å². The lowest BCUT2D eigenvalue weighted by atomic mass is 9.97. The second-order valence-corrected chi connectivity index (χ2v) is 4.29. The van der Waals surface area contributed by atoms with E-state index >= 15 is 0 Å². The highest BCUT2D eigenvalue weighted by Gasteiger charge is 2.07. The van der Waals surface area contributed by atoms with Gasteiger partial charge in [-0.1, -0.05) is 35.9 Å². The van der Waals surface area contributed by atoms with Gasteiger partial charge in [-0.2, -0.15) is 0 Å². The van der Waals surface area contributed by atoms with Crippen LogP contribution in [0.3, 0.4) is 0 Å². The van der Waals surface area contributed by atoms with Crippen molar-refractivity contribution in [3.63, 3.8) is 0 Å². The number of benzene rings is 2. The SMILES string of the molecule is Cc1cccc(-c2cc(C)cc(F)c2C)c1. The molecule has 0 unspecified atom stereocenters. The first-order valence-electron chi connectivity index (χ1n) is 5.42. The Hall–Kier alpha value is -1.63. The Kier molecular flexibility index (Phi) is 2.78. The summed E-state index contributed by atoms with van der Waals surface area (Å²) in [5.74, 6) is -0.128. The Morgan fingerprint density at radius 2 is 1.62 bits per heavy atom. The molecule has 0 radical (unpaired) electrons. The summed E-state index contributed by atoms with van der Waals surface area (Å²) in [6, 6.07) is 11.8. The smallest absolute Gasteiger partial charge is 0.126 e. The van der Waals surface area contributed by atoms with Gasteiger partial charge in [-0.25, -0.2) is 4.39 Å². The first-order chi connectivity index (χ1) is 7.58. The monoisotopic (exact) mass is 214 g/mol. The molecule has 0 atom stereocenters. The maximum atomic E-state index is 13.6. The van der Waals surface area contributed by atoms with Crippen molar-refractivity contribution in [1.82, 2.24) is 0 Å². The van der Waals surface area contributed by atoms with Crippen LogP contribution in [0.25, 0.3) is 11.1 Å². The van der Waals surface area contributed by atoms with Gasteiger partial charge in [-0.05, 0) is 49.1 Å². The van der Waals surface area contributed by atoms with Gasteiger partial charge in [-0.3, -0.25) is 0 Å². The highest BCUT2D eigenvalue weighted by Crippen LogP contribution is 2.27. The highest BCUT2D eigenvalue weighted by molar-refractivity contribution is 5.68. The standard InChI is InChI=1S/C15H15F/c1-10-5-4-6-13(7-10)14-8-11(2)9-15(16)12(14)3/h4-9H,1-3H3. The second kappa shape index (κ2) is 4.09. The fourth-order valence-electron chi connectivity index (χ4n) is 1.93. The normalized spacial score (nSPS) is 10.5. The quantitative estimate of drug-likeness (QED) is 0.659. The molecule has 2 aromatic rings. The molecule has 0 aliphatic heterocycles. The molecule has 2 rings (SSSR count). The van der Waals surface area contributed by atoms with Crippen LogP contribution in [0, 0.1) is 26.6 Å².